The second-order valence-corrected chi connectivity index (χ2v) is 6.38. The molecule has 2 aliphatic carbocycles. The summed E-state index contributed by atoms with van der Waals surface area (Å²) in [6.07, 6.45) is 2.02. The number of hydrogen-bond donors (Lipinski definition) is 2. The number of aliphatic hydroxyl groups is 1. The molecule has 2 rings (SSSR count). The minimum absolute atomic E-state index is 0.0263. The van der Waals surface area contributed by atoms with Crippen molar-refractivity contribution in [3.8, 4) is 11.1 Å². The number of hydroxylamine groups is 2. The molecule has 6 heteroatoms. The molecule has 2 aliphatic rings. The highest BCUT2D eigenvalue weighted by Crippen LogP contribution is 2.39. The number of hydrogen-bond acceptors (Lipinski definition) is 5. The summed E-state index contributed by atoms with van der Waals surface area (Å²) in [6.45, 7) is 5.05. The normalized spacial score (nSPS) is 11.1. The molecule has 0 bridgehead atoms. The standard InChI is InChI=1S/C21H30N2O4/c1-4-16-18-8-6-15(7-9-19(18)17(5-2)21(16)22)14-20(25)23(3)27-13-12-26-11-10-24/h6-9,24H,4-5,10-14,22H2,1-3H3. The molecule has 6 nitrogen and oxygen atoms in total. The van der Waals surface area contributed by atoms with E-state index in [1.807, 2.05) is 12.1 Å². The van der Waals surface area contributed by atoms with Crippen LogP contribution in [0, 0.1) is 0 Å². The second-order valence-electron chi connectivity index (χ2n) is 6.38. The Bertz CT molecular complexity index is 691. The Morgan fingerprint density at radius 2 is 1.63 bits per heavy atom. The number of nitrogens with two attached hydrogens (primary N) is 1. The van der Waals surface area contributed by atoms with Crippen LogP contribution in [0.15, 0.2) is 24.3 Å². The topological polar surface area (TPSA) is 85.0 Å². The van der Waals surface area contributed by atoms with Gasteiger partial charge in [-0.05, 0) is 40.7 Å². The molecule has 0 atom stereocenters. The lowest BCUT2D eigenvalue weighted by Gasteiger charge is -2.16. The predicted octanol–water partition coefficient (Wildman–Crippen LogP) is 2.44. The minimum Gasteiger partial charge on any atom is -0.398 e. The first kappa shape index (κ1) is 21.2. The molecule has 0 saturated heterocycles. The van der Waals surface area contributed by atoms with E-state index in [1.165, 1.54) is 16.2 Å². The van der Waals surface area contributed by atoms with Crippen LogP contribution in [0.2, 0.25) is 0 Å². The summed E-state index contributed by atoms with van der Waals surface area (Å²) in [6, 6.07) is 8.10. The highest BCUT2D eigenvalue weighted by molar-refractivity contribution is 5.85. The molecule has 1 amide bonds. The lowest BCUT2D eigenvalue weighted by molar-refractivity contribution is -0.181. The first-order valence-corrected chi connectivity index (χ1v) is 9.43. The van der Waals surface area contributed by atoms with Crippen molar-refractivity contribution in [1.29, 1.82) is 0 Å². The smallest absolute Gasteiger partial charge is 0.250 e. The molecule has 0 radical (unpaired) electrons. The molecule has 0 spiro atoms. The van der Waals surface area contributed by atoms with Crippen LogP contribution in [0.1, 0.15) is 30.5 Å². The van der Waals surface area contributed by atoms with Crippen molar-refractivity contribution in [3.63, 3.8) is 0 Å². The fourth-order valence-electron chi connectivity index (χ4n) is 3.25. The molecule has 0 aromatic carbocycles. The van der Waals surface area contributed by atoms with Crippen molar-refractivity contribution >= 4 is 11.6 Å². The van der Waals surface area contributed by atoms with Crippen LogP contribution in [-0.2, 0) is 33.6 Å². The Balaban J connectivity index is 2.07. The molecule has 0 aliphatic heterocycles. The maximum atomic E-state index is 12.4. The Morgan fingerprint density at radius 3 is 2.15 bits per heavy atom. The van der Waals surface area contributed by atoms with Gasteiger partial charge in [-0.3, -0.25) is 9.63 Å². The van der Waals surface area contributed by atoms with Crippen LogP contribution in [-0.4, -0.2) is 49.6 Å². The zero-order chi connectivity index (χ0) is 19.8. The number of nitrogens with zero attached hydrogens (tertiary/aromatic N) is 1. The lowest BCUT2D eigenvalue weighted by Crippen LogP contribution is -2.29. The second kappa shape index (κ2) is 10.3. The Morgan fingerprint density at radius 1 is 1.04 bits per heavy atom. The van der Waals surface area contributed by atoms with E-state index < -0.39 is 0 Å². The van der Waals surface area contributed by atoms with Gasteiger partial charge in [-0.25, -0.2) is 5.06 Å². The van der Waals surface area contributed by atoms with E-state index in [1.54, 1.807) is 7.05 Å². The lowest BCUT2D eigenvalue weighted by atomic mass is 10.1. The average molecular weight is 374 g/mol. The van der Waals surface area contributed by atoms with Gasteiger partial charge in [-0.2, -0.15) is 0 Å². The molecule has 148 valence electrons. The molecule has 0 aromatic rings. The largest absolute Gasteiger partial charge is 0.398 e. The van der Waals surface area contributed by atoms with Gasteiger partial charge in [0.1, 0.15) is 0 Å². The summed E-state index contributed by atoms with van der Waals surface area (Å²) in [5.74, 6) is -0.131. The van der Waals surface area contributed by atoms with Crippen LogP contribution >= 0.6 is 0 Å². The predicted molar refractivity (Wildman–Crippen MR) is 107 cm³/mol. The van der Waals surface area contributed by atoms with Crippen LogP contribution in [0.4, 0.5) is 5.69 Å². The van der Waals surface area contributed by atoms with Crippen LogP contribution in [0.5, 0.6) is 0 Å². The maximum Gasteiger partial charge on any atom is 0.250 e. The molecule has 3 N–H and O–H groups in total. The van der Waals surface area contributed by atoms with Gasteiger partial charge in [-0.1, -0.05) is 38.1 Å². The highest BCUT2D eigenvalue weighted by Gasteiger charge is 2.18. The van der Waals surface area contributed by atoms with E-state index in [0.717, 1.165) is 35.2 Å². The first-order valence-electron chi connectivity index (χ1n) is 9.43. The van der Waals surface area contributed by atoms with Gasteiger partial charge in [0.2, 0.25) is 5.91 Å². The number of rotatable bonds is 10. The maximum absolute atomic E-state index is 12.4. The van der Waals surface area contributed by atoms with Gasteiger partial charge in [0.15, 0.2) is 0 Å². The zero-order valence-electron chi connectivity index (χ0n) is 16.5. The fraction of sp³-hybridized carbons (Fsp3) is 0.476. The summed E-state index contributed by atoms with van der Waals surface area (Å²) in [4.78, 5) is 17.7. The molecular weight excluding hydrogens is 344 g/mol. The quantitative estimate of drug-likeness (QED) is 0.493. The molecule has 0 unspecified atom stereocenters. The molecular formula is C21H30N2O4. The van der Waals surface area contributed by atoms with Gasteiger partial charge in [-0.15, -0.1) is 0 Å². The Kier molecular flexibility index (Phi) is 8.03. The minimum atomic E-state index is -0.131. The van der Waals surface area contributed by atoms with Gasteiger partial charge in [0.25, 0.3) is 0 Å². The Labute approximate surface area is 161 Å². The van der Waals surface area contributed by atoms with E-state index in [2.05, 4.69) is 26.0 Å². The monoisotopic (exact) mass is 374 g/mol. The zero-order valence-corrected chi connectivity index (χ0v) is 16.5. The van der Waals surface area contributed by atoms with Gasteiger partial charge in [0, 0.05) is 12.7 Å². The molecule has 0 saturated carbocycles. The number of fused-ring (bicyclic) bond motifs is 1. The third-order valence-corrected chi connectivity index (χ3v) is 4.68. The Hall–Kier alpha value is -2.15. The van der Waals surface area contributed by atoms with E-state index in [9.17, 15) is 4.79 Å². The third-order valence-electron chi connectivity index (χ3n) is 4.68. The van der Waals surface area contributed by atoms with Crippen molar-refractivity contribution in [3.05, 3.63) is 41.0 Å². The molecule has 0 fully saturated rings. The number of carbonyl (C=O) groups is 1. The number of ether oxygens (including phenoxy) is 1. The number of carbonyl (C=O) groups excluding carboxylic acids is 1. The molecule has 0 heterocycles. The van der Waals surface area contributed by atoms with E-state index in [0.29, 0.717) is 6.61 Å². The highest BCUT2D eigenvalue weighted by atomic mass is 16.7. The van der Waals surface area contributed by atoms with Crippen molar-refractivity contribution in [1.82, 2.24) is 5.06 Å². The summed E-state index contributed by atoms with van der Waals surface area (Å²) >= 11 is 0. The summed E-state index contributed by atoms with van der Waals surface area (Å²) < 4.78 is 5.11. The van der Waals surface area contributed by atoms with E-state index in [-0.39, 0.29) is 32.1 Å². The summed E-state index contributed by atoms with van der Waals surface area (Å²) in [7, 11) is 1.60. The van der Waals surface area contributed by atoms with Crippen LogP contribution < -0.4 is 5.73 Å². The van der Waals surface area contributed by atoms with Gasteiger partial charge in [0.05, 0.1) is 32.8 Å². The number of amides is 1. The number of anilines is 1. The summed E-state index contributed by atoms with van der Waals surface area (Å²) in [5, 5.41) is 9.88. The number of likely N-dealkylation sites (N-methyl/N-ethyl adjacent to an activating group) is 1. The molecule has 0 aromatic heterocycles. The van der Waals surface area contributed by atoms with Crippen LogP contribution in [0.25, 0.3) is 11.1 Å². The molecule has 27 heavy (non-hydrogen) atoms. The van der Waals surface area contributed by atoms with Crippen molar-refractivity contribution in [2.75, 3.05) is 39.2 Å². The van der Waals surface area contributed by atoms with Crippen molar-refractivity contribution < 1.29 is 19.5 Å². The van der Waals surface area contributed by atoms with E-state index >= 15 is 0 Å². The van der Waals surface area contributed by atoms with Crippen LogP contribution in [0.3, 0.4) is 0 Å². The number of nitrogen functional groups attached to an aromatic ring is 1. The summed E-state index contributed by atoms with van der Waals surface area (Å²) in [5.41, 5.74) is 12.8. The first-order chi connectivity index (χ1) is 13.0. The van der Waals surface area contributed by atoms with Crippen molar-refractivity contribution in [2.24, 2.45) is 0 Å². The fourth-order valence-corrected chi connectivity index (χ4v) is 3.25. The average Bonchev–Trinajstić information content (AvgIpc) is 2.77. The van der Waals surface area contributed by atoms with Crippen molar-refractivity contribution in [2.45, 2.75) is 33.1 Å². The third kappa shape index (κ3) is 5.19. The number of aliphatic hydroxyl groups excluding tert-OH is 1. The van der Waals surface area contributed by atoms with Gasteiger partial charge >= 0.3 is 0 Å². The SMILES string of the molecule is CCc1c2ccc(CC(=O)N(C)OCCOCCO)ccc-2c(CC)c1N. The van der Waals surface area contributed by atoms with E-state index in [4.69, 9.17) is 20.4 Å². The van der Waals surface area contributed by atoms with Gasteiger partial charge < -0.3 is 15.6 Å².